The van der Waals surface area contributed by atoms with E-state index >= 15 is 0 Å². The van der Waals surface area contributed by atoms with E-state index < -0.39 is 5.97 Å². The Morgan fingerprint density at radius 2 is 1.80 bits per heavy atom. The van der Waals surface area contributed by atoms with Crippen LogP contribution in [0.25, 0.3) is 11.3 Å². The smallest absolute Gasteiger partial charge is 0.317 e. The number of aliphatic carboxylic acids is 1. The van der Waals surface area contributed by atoms with E-state index in [0.717, 1.165) is 38.8 Å². The second-order valence-corrected chi connectivity index (χ2v) is 11.2. The van der Waals surface area contributed by atoms with Crippen LogP contribution < -0.4 is 4.74 Å². The van der Waals surface area contributed by atoms with Crippen LogP contribution in [0.5, 0.6) is 5.75 Å². The fourth-order valence-corrected chi connectivity index (χ4v) is 5.81. The van der Waals surface area contributed by atoms with Gasteiger partial charge in [-0.05, 0) is 61.1 Å². The van der Waals surface area contributed by atoms with Crippen molar-refractivity contribution in [1.29, 1.82) is 0 Å². The normalized spacial score (nSPS) is 11.3. The molecule has 0 radical (unpaired) electrons. The lowest BCUT2D eigenvalue weighted by Gasteiger charge is -2.18. The highest BCUT2D eigenvalue weighted by Gasteiger charge is 2.17. The topological polar surface area (TPSA) is 75.5 Å². The summed E-state index contributed by atoms with van der Waals surface area (Å²) >= 11 is 1.53. The lowest BCUT2D eigenvalue weighted by atomic mass is 9.90. The maximum atomic E-state index is 11.5. The number of aromatic nitrogens is 2. The molecule has 0 aliphatic rings. The van der Waals surface area contributed by atoms with Gasteiger partial charge in [0.05, 0.1) is 24.5 Å². The zero-order valence-electron chi connectivity index (χ0n) is 23.7. The quantitative estimate of drug-likeness (QED) is 0.160. The molecule has 0 unspecified atom stereocenters. The molecule has 0 fully saturated rings. The first kappa shape index (κ1) is 29.4. The van der Waals surface area contributed by atoms with Crippen LogP contribution in [0.15, 0.2) is 72.2 Å². The number of carboxylic acids is 1. The summed E-state index contributed by atoms with van der Waals surface area (Å²) in [7, 11) is 0. The van der Waals surface area contributed by atoms with E-state index in [4.69, 9.17) is 9.72 Å². The van der Waals surface area contributed by atoms with E-state index in [2.05, 4.69) is 62.2 Å². The van der Waals surface area contributed by atoms with Crippen LogP contribution in [-0.2, 0) is 24.5 Å². The average Bonchev–Trinajstić information content (AvgIpc) is 3.41. The van der Waals surface area contributed by atoms with Crippen LogP contribution in [0.1, 0.15) is 72.8 Å². The van der Waals surface area contributed by atoms with E-state index in [-0.39, 0.29) is 6.54 Å². The number of carboxylic acid groups (broad SMARTS) is 1. The number of aryl methyl sites for hydroxylation is 1. The molecule has 0 bridgehead atoms. The Bertz CT molecular complexity index is 1350. The largest absolute Gasteiger partial charge is 0.488 e. The second-order valence-electron chi connectivity index (χ2n) is 10.3. The lowest BCUT2D eigenvalue weighted by Crippen LogP contribution is -2.29. The molecular weight excluding hydrogens is 518 g/mol. The van der Waals surface area contributed by atoms with E-state index in [9.17, 15) is 9.90 Å². The van der Waals surface area contributed by atoms with Crippen molar-refractivity contribution in [3.05, 3.63) is 99.6 Å². The molecule has 0 amide bonds. The van der Waals surface area contributed by atoms with E-state index in [1.165, 1.54) is 42.6 Å². The number of carbonyl (C=O) groups is 1. The van der Waals surface area contributed by atoms with Crippen LogP contribution in [0.2, 0.25) is 0 Å². The third-order valence-corrected chi connectivity index (χ3v) is 7.75. The Hall–Kier alpha value is -3.55. The number of rotatable bonds is 15. The Balaban J connectivity index is 1.46. The van der Waals surface area contributed by atoms with Gasteiger partial charge in [0.1, 0.15) is 17.4 Å². The summed E-state index contributed by atoms with van der Waals surface area (Å²) in [5.74, 6) is 0.543. The summed E-state index contributed by atoms with van der Waals surface area (Å²) in [5.41, 5.74) is 6.29. The van der Waals surface area contributed by atoms with Crippen molar-refractivity contribution in [2.45, 2.75) is 72.1 Å². The van der Waals surface area contributed by atoms with Gasteiger partial charge < -0.3 is 9.84 Å². The summed E-state index contributed by atoms with van der Waals surface area (Å²) in [5, 5.41) is 12.3. The number of nitrogens with zero attached hydrogens (tertiary/aromatic N) is 3. The number of hydrogen-bond donors (Lipinski definition) is 1. The van der Waals surface area contributed by atoms with Crippen molar-refractivity contribution < 1.29 is 14.6 Å². The van der Waals surface area contributed by atoms with E-state index in [0.29, 0.717) is 25.6 Å². The highest BCUT2D eigenvalue weighted by atomic mass is 32.1. The molecule has 7 heteroatoms. The summed E-state index contributed by atoms with van der Waals surface area (Å²) in [6.45, 7) is 7.84. The highest BCUT2D eigenvalue weighted by Crippen LogP contribution is 2.33. The maximum absolute atomic E-state index is 11.5. The van der Waals surface area contributed by atoms with Gasteiger partial charge in [-0.1, -0.05) is 68.7 Å². The predicted molar refractivity (Wildman–Crippen MR) is 162 cm³/mol. The number of benzene rings is 2. The van der Waals surface area contributed by atoms with Crippen molar-refractivity contribution in [2.75, 3.05) is 6.54 Å². The molecule has 210 valence electrons. The van der Waals surface area contributed by atoms with Gasteiger partial charge in [0, 0.05) is 23.7 Å². The second kappa shape index (κ2) is 14.7. The average molecular weight is 558 g/mol. The maximum Gasteiger partial charge on any atom is 0.317 e. The van der Waals surface area contributed by atoms with Gasteiger partial charge in [-0.25, -0.2) is 4.98 Å². The van der Waals surface area contributed by atoms with Crippen molar-refractivity contribution >= 4 is 17.3 Å². The molecule has 1 N–H and O–H groups in total. The number of pyridine rings is 1. The Kier molecular flexibility index (Phi) is 10.8. The highest BCUT2D eigenvalue weighted by molar-refractivity contribution is 7.09. The molecule has 0 saturated heterocycles. The van der Waals surface area contributed by atoms with Crippen molar-refractivity contribution in [3.8, 4) is 17.0 Å². The summed E-state index contributed by atoms with van der Waals surface area (Å²) < 4.78 is 6.32. The molecule has 0 saturated carbocycles. The van der Waals surface area contributed by atoms with E-state index in [1.807, 2.05) is 34.5 Å². The third kappa shape index (κ3) is 8.47. The fraction of sp³-hybridized carbons (Fsp3) is 0.364. The molecule has 0 aliphatic carbocycles. The molecule has 0 spiro atoms. The first-order chi connectivity index (χ1) is 19.4. The van der Waals surface area contributed by atoms with Crippen LogP contribution in [0.4, 0.5) is 0 Å². The Morgan fingerprint density at radius 1 is 1.02 bits per heavy atom. The standard InChI is InChI=1S/C33H39N3O3S/c1-4-8-26(9-5-2)27-14-12-25(13-15-27)22-39-31-16-11-24(3)18-29(31)30-23-40-32(35-30)20-36(21-33(37)38)19-28-10-6-7-17-34-28/h6-7,10-18,23,26H,4-5,8-9,19-22H2,1-3H3,(H,37,38). The minimum Gasteiger partial charge on any atom is -0.488 e. The van der Waals surface area contributed by atoms with Crippen molar-refractivity contribution in [3.63, 3.8) is 0 Å². The first-order valence-electron chi connectivity index (χ1n) is 14.1. The molecule has 2 aromatic carbocycles. The van der Waals surface area contributed by atoms with Crippen molar-refractivity contribution in [2.24, 2.45) is 0 Å². The van der Waals surface area contributed by atoms with Gasteiger partial charge in [-0.2, -0.15) is 0 Å². The van der Waals surface area contributed by atoms with Crippen LogP contribution in [0, 0.1) is 6.92 Å². The monoisotopic (exact) mass is 557 g/mol. The Morgan fingerprint density at radius 3 is 2.48 bits per heavy atom. The van der Waals surface area contributed by atoms with Gasteiger partial charge in [-0.3, -0.25) is 14.7 Å². The number of ether oxygens (including phenoxy) is 1. The minimum absolute atomic E-state index is 0.0826. The molecule has 2 aromatic heterocycles. The van der Waals surface area contributed by atoms with Crippen molar-refractivity contribution in [1.82, 2.24) is 14.9 Å². The predicted octanol–water partition coefficient (Wildman–Crippen LogP) is 7.86. The summed E-state index contributed by atoms with van der Waals surface area (Å²) in [6.07, 6.45) is 6.57. The van der Waals surface area contributed by atoms with Crippen LogP contribution in [0.3, 0.4) is 0 Å². The van der Waals surface area contributed by atoms with Gasteiger partial charge in [-0.15, -0.1) is 11.3 Å². The van der Waals surface area contributed by atoms with Gasteiger partial charge >= 0.3 is 5.97 Å². The zero-order valence-corrected chi connectivity index (χ0v) is 24.5. The molecule has 4 rings (SSSR count). The van der Waals surface area contributed by atoms with Crippen LogP contribution in [-0.4, -0.2) is 32.5 Å². The summed E-state index contributed by atoms with van der Waals surface area (Å²) in [4.78, 5) is 22.6. The van der Waals surface area contributed by atoms with Crippen LogP contribution >= 0.6 is 11.3 Å². The summed E-state index contributed by atoms with van der Waals surface area (Å²) in [6, 6.07) is 20.7. The Labute approximate surface area is 241 Å². The molecular formula is C33H39N3O3S. The van der Waals surface area contributed by atoms with Gasteiger partial charge in [0.2, 0.25) is 0 Å². The molecule has 0 aliphatic heterocycles. The van der Waals surface area contributed by atoms with Gasteiger partial charge in [0.25, 0.3) is 0 Å². The van der Waals surface area contributed by atoms with Gasteiger partial charge in [0.15, 0.2) is 0 Å². The molecule has 4 aromatic rings. The minimum atomic E-state index is -0.874. The molecule has 2 heterocycles. The fourth-order valence-electron chi connectivity index (χ4n) is 4.97. The SMILES string of the molecule is CCCC(CCC)c1ccc(COc2ccc(C)cc2-c2csc(CN(CC(=O)O)Cc3ccccn3)n2)cc1. The third-order valence-electron chi connectivity index (χ3n) is 6.91. The molecule has 40 heavy (non-hydrogen) atoms. The molecule has 6 nitrogen and oxygen atoms in total. The number of hydrogen-bond acceptors (Lipinski definition) is 6. The lowest BCUT2D eigenvalue weighted by molar-refractivity contribution is -0.138. The zero-order chi connectivity index (χ0) is 28.3. The number of thiazole rings is 1. The first-order valence-corrected chi connectivity index (χ1v) is 14.9. The molecule has 0 atom stereocenters. The van der Waals surface area contributed by atoms with E-state index in [1.54, 1.807) is 6.20 Å².